The number of alkyl carbamates (subject to hydrolysis) is 1. The monoisotopic (exact) mass is 286 g/mol. The molecule has 2 aromatic rings. The van der Waals surface area contributed by atoms with Gasteiger partial charge in [0, 0.05) is 24.7 Å². The summed E-state index contributed by atoms with van der Waals surface area (Å²) in [5.41, 5.74) is 1.82. The number of aromatic nitrogens is 1. The first-order chi connectivity index (χ1) is 10.3. The van der Waals surface area contributed by atoms with Crippen LogP contribution >= 0.6 is 0 Å². The van der Waals surface area contributed by atoms with Gasteiger partial charge in [-0.15, -0.1) is 0 Å². The Kier molecular flexibility index (Phi) is 5.58. The maximum Gasteiger partial charge on any atom is 0.407 e. The number of pyridine rings is 1. The van der Waals surface area contributed by atoms with Crippen molar-refractivity contribution in [2.24, 2.45) is 0 Å². The van der Waals surface area contributed by atoms with Gasteiger partial charge in [-0.25, -0.2) is 9.78 Å². The van der Waals surface area contributed by atoms with E-state index in [2.05, 4.69) is 10.3 Å². The highest BCUT2D eigenvalue weighted by atomic mass is 16.5. The number of ether oxygens (including phenoxy) is 2. The topological polar surface area (TPSA) is 60.5 Å². The van der Waals surface area contributed by atoms with E-state index in [1.807, 2.05) is 42.5 Å². The first-order valence-electron chi connectivity index (χ1n) is 6.72. The second-order valence-corrected chi connectivity index (χ2v) is 4.41. The molecule has 1 N–H and O–H groups in total. The Hall–Kier alpha value is -2.56. The summed E-state index contributed by atoms with van der Waals surface area (Å²) in [5, 5.41) is 2.70. The zero-order chi connectivity index (χ0) is 14.9. The van der Waals surface area contributed by atoms with Crippen molar-refractivity contribution in [2.45, 2.75) is 13.0 Å². The van der Waals surface area contributed by atoms with Crippen molar-refractivity contribution >= 4 is 6.09 Å². The average Bonchev–Trinajstić information content (AvgIpc) is 2.54. The van der Waals surface area contributed by atoms with Crippen LogP contribution in [0.5, 0.6) is 5.88 Å². The van der Waals surface area contributed by atoms with Crippen LogP contribution in [-0.4, -0.2) is 24.7 Å². The van der Waals surface area contributed by atoms with Crippen LogP contribution in [0.25, 0.3) is 0 Å². The van der Waals surface area contributed by atoms with E-state index in [0.717, 1.165) is 11.3 Å². The Morgan fingerprint density at radius 1 is 1.14 bits per heavy atom. The van der Waals surface area contributed by atoms with Crippen molar-refractivity contribution in [1.82, 2.24) is 10.3 Å². The van der Waals surface area contributed by atoms with E-state index in [1.165, 1.54) is 0 Å². The molecule has 1 heterocycles. The largest absolute Gasteiger partial charge is 0.481 e. The molecule has 21 heavy (non-hydrogen) atoms. The molecular formula is C16H18N2O3. The highest BCUT2D eigenvalue weighted by Gasteiger charge is 2.03. The molecule has 0 aliphatic rings. The van der Waals surface area contributed by atoms with Gasteiger partial charge in [-0.1, -0.05) is 36.4 Å². The molecule has 5 nitrogen and oxygen atoms in total. The fraction of sp³-hybridized carbons (Fsp3) is 0.250. The predicted octanol–water partition coefficient (Wildman–Crippen LogP) is 2.56. The summed E-state index contributed by atoms with van der Waals surface area (Å²) in [5.74, 6) is 0.569. The van der Waals surface area contributed by atoms with Gasteiger partial charge in [-0.3, -0.25) is 0 Å². The molecule has 5 heteroatoms. The zero-order valence-electron chi connectivity index (χ0n) is 11.9. The fourth-order valence-corrected chi connectivity index (χ4v) is 1.78. The Morgan fingerprint density at radius 2 is 1.95 bits per heavy atom. The van der Waals surface area contributed by atoms with Crippen molar-refractivity contribution in [2.75, 3.05) is 13.7 Å². The second-order valence-electron chi connectivity index (χ2n) is 4.41. The van der Waals surface area contributed by atoms with Gasteiger partial charge in [0.25, 0.3) is 0 Å². The van der Waals surface area contributed by atoms with Crippen LogP contribution < -0.4 is 10.1 Å². The Bertz CT molecular complexity index is 573. The predicted molar refractivity (Wildman–Crippen MR) is 79.1 cm³/mol. The van der Waals surface area contributed by atoms with Gasteiger partial charge in [0.15, 0.2) is 0 Å². The van der Waals surface area contributed by atoms with E-state index in [4.69, 9.17) is 9.47 Å². The van der Waals surface area contributed by atoms with E-state index >= 15 is 0 Å². The van der Waals surface area contributed by atoms with E-state index in [1.54, 1.807) is 13.2 Å². The smallest absolute Gasteiger partial charge is 0.407 e. The highest BCUT2D eigenvalue weighted by molar-refractivity contribution is 5.67. The van der Waals surface area contributed by atoms with Gasteiger partial charge in [0.2, 0.25) is 5.88 Å². The molecular weight excluding hydrogens is 268 g/mol. The Morgan fingerprint density at radius 3 is 2.71 bits per heavy atom. The van der Waals surface area contributed by atoms with Crippen LogP contribution in [0.3, 0.4) is 0 Å². The van der Waals surface area contributed by atoms with Crippen LogP contribution in [0, 0.1) is 0 Å². The summed E-state index contributed by atoms with van der Waals surface area (Å²) in [6.45, 7) is 0.734. The Labute approximate surface area is 123 Å². The molecule has 0 saturated heterocycles. The number of carbonyl (C=O) groups is 1. The quantitative estimate of drug-likeness (QED) is 0.886. The maximum atomic E-state index is 11.6. The third-order valence-electron chi connectivity index (χ3n) is 2.85. The molecule has 0 aliphatic heterocycles. The van der Waals surface area contributed by atoms with Gasteiger partial charge in [-0.05, 0) is 11.6 Å². The lowest BCUT2D eigenvalue weighted by Gasteiger charge is -2.07. The summed E-state index contributed by atoms with van der Waals surface area (Å²) in [7, 11) is 1.57. The van der Waals surface area contributed by atoms with Gasteiger partial charge < -0.3 is 14.8 Å². The molecule has 0 radical (unpaired) electrons. The highest BCUT2D eigenvalue weighted by Crippen LogP contribution is 2.06. The lowest BCUT2D eigenvalue weighted by atomic mass is 10.2. The normalized spacial score (nSPS) is 9.95. The number of carbonyl (C=O) groups excluding carboxylic acids is 1. The van der Waals surface area contributed by atoms with E-state index in [9.17, 15) is 4.79 Å². The van der Waals surface area contributed by atoms with Crippen molar-refractivity contribution in [3.8, 4) is 5.88 Å². The zero-order valence-corrected chi connectivity index (χ0v) is 11.9. The molecule has 0 unspecified atom stereocenters. The molecule has 0 atom stereocenters. The lowest BCUT2D eigenvalue weighted by molar-refractivity contribution is 0.140. The summed E-state index contributed by atoms with van der Waals surface area (Å²) in [6.07, 6.45) is 0.194. The number of nitrogens with zero attached hydrogens (tertiary/aromatic N) is 1. The molecule has 0 fully saturated rings. The van der Waals surface area contributed by atoms with Gasteiger partial charge >= 0.3 is 6.09 Å². The van der Waals surface area contributed by atoms with Crippen molar-refractivity contribution in [3.63, 3.8) is 0 Å². The van der Waals surface area contributed by atoms with Gasteiger partial charge in [0.1, 0.15) is 6.61 Å². The number of hydrogen-bond donors (Lipinski definition) is 1. The molecule has 1 amide bonds. The van der Waals surface area contributed by atoms with Crippen molar-refractivity contribution < 1.29 is 14.3 Å². The average molecular weight is 286 g/mol. The third kappa shape index (κ3) is 5.14. The van der Waals surface area contributed by atoms with Crippen LogP contribution in [0.2, 0.25) is 0 Å². The number of methoxy groups -OCH3 is 1. The lowest BCUT2D eigenvalue weighted by Crippen LogP contribution is -2.26. The summed E-state index contributed by atoms with van der Waals surface area (Å²) < 4.78 is 10.2. The van der Waals surface area contributed by atoms with Crippen LogP contribution in [-0.2, 0) is 17.8 Å². The van der Waals surface area contributed by atoms with E-state index in [-0.39, 0.29) is 6.61 Å². The number of benzene rings is 1. The molecule has 110 valence electrons. The summed E-state index contributed by atoms with van der Waals surface area (Å²) in [4.78, 5) is 15.8. The number of rotatable bonds is 6. The summed E-state index contributed by atoms with van der Waals surface area (Å²) >= 11 is 0. The number of amides is 1. The first-order valence-corrected chi connectivity index (χ1v) is 6.72. The van der Waals surface area contributed by atoms with Gasteiger partial charge in [-0.2, -0.15) is 0 Å². The minimum absolute atomic E-state index is 0.268. The van der Waals surface area contributed by atoms with Gasteiger partial charge in [0.05, 0.1) is 7.11 Å². The molecule has 2 rings (SSSR count). The molecule has 1 aromatic heterocycles. The molecule has 1 aromatic carbocycles. The Balaban J connectivity index is 1.69. The number of hydrogen-bond acceptors (Lipinski definition) is 4. The maximum absolute atomic E-state index is 11.6. The molecule has 0 spiro atoms. The first kappa shape index (κ1) is 14.8. The van der Waals surface area contributed by atoms with Crippen molar-refractivity contribution in [1.29, 1.82) is 0 Å². The van der Waals surface area contributed by atoms with Crippen LogP contribution in [0.15, 0.2) is 48.5 Å². The summed E-state index contributed by atoms with van der Waals surface area (Å²) in [6, 6.07) is 15.1. The third-order valence-corrected chi connectivity index (χ3v) is 2.85. The fourth-order valence-electron chi connectivity index (χ4n) is 1.78. The number of nitrogens with one attached hydrogen (secondary N) is 1. The SMILES string of the molecule is COc1cccc(CCNC(=O)OCc2ccccc2)n1. The van der Waals surface area contributed by atoms with E-state index < -0.39 is 6.09 Å². The van der Waals surface area contributed by atoms with Crippen molar-refractivity contribution in [3.05, 3.63) is 59.8 Å². The molecule has 0 bridgehead atoms. The van der Waals surface area contributed by atoms with Crippen LogP contribution in [0.4, 0.5) is 4.79 Å². The minimum Gasteiger partial charge on any atom is -0.481 e. The molecule has 0 saturated carbocycles. The molecule has 0 aliphatic carbocycles. The standard InChI is InChI=1S/C16H18N2O3/c1-20-15-9-5-8-14(18-15)10-11-17-16(19)21-12-13-6-3-2-4-7-13/h2-9H,10-12H2,1H3,(H,17,19). The second kappa shape index (κ2) is 7.89. The van der Waals surface area contributed by atoms with E-state index in [0.29, 0.717) is 18.8 Å². The minimum atomic E-state index is -0.429. The van der Waals surface area contributed by atoms with Crippen LogP contribution in [0.1, 0.15) is 11.3 Å².